The molecule has 2 aromatic heterocycles. The molecular weight excluding hydrogens is 438 g/mol. The van der Waals surface area contributed by atoms with E-state index in [0.717, 1.165) is 67.9 Å². The van der Waals surface area contributed by atoms with Crippen molar-refractivity contribution in [2.75, 3.05) is 36.0 Å². The Morgan fingerprint density at radius 3 is 2.63 bits per heavy atom. The average molecular weight is 474 g/mol. The van der Waals surface area contributed by atoms with Crippen molar-refractivity contribution in [2.24, 2.45) is 5.92 Å². The molecule has 0 radical (unpaired) electrons. The molecule has 0 aliphatic carbocycles. The predicted octanol–water partition coefficient (Wildman–Crippen LogP) is 5.15. The largest absolute Gasteiger partial charge is 0.466 e. The van der Waals surface area contributed by atoms with Gasteiger partial charge in [-0.3, -0.25) is 9.78 Å². The lowest BCUT2D eigenvalue weighted by Gasteiger charge is -2.34. The van der Waals surface area contributed by atoms with Gasteiger partial charge in [-0.25, -0.2) is 0 Å². The summed E-state index contributed by atoms with van der Waals surface area (Å²) in [4.78, 5) is 21.5. The topological polar surface area (TPSA) is 71.5 Å². The van der Waals surface area contributed by atoms with E-state index in [2.05, 4.69) is 47.9 Å². The zero-order valence-corrected chi connectivity index (χ0v) is 21.0. The average Bonchev–Trinajstić information content (AvgIpc) is 3.33. The van der Waals surface area contributed by atoms with Crippen molar-refractivity contribution >= 4 is 28.5 Å². The van der Waals surface area contributed by atoms with Crippen molar-refractivity contribution in [3.63, 3.8) is 0 Å². The van der Waals surface area contributed by atoms with Crippen LogP contribution in [0.4, 0.5) is 11.6 Å². The maximum absolute atomic E-state index is 12.1. The van der Waals surface area contributed by atoms with E-state index in [0.29, 0.717) is 19.1 Å². The Morgan fingerprint density at radius 2 is 1.83 bits per heavy atom. The summed E-state index contributed by atoms with van der Waals surface area (Å²) < 4.78 is 5.19. The molecule has 0 saturated carbocycles. The number of benzene rings is 1. The van der Waals surface area contributed by atoms with Crippen LogP contribution in [0.3, 0.4) is 0 Å². The van der Waals surface area contributed by atoms with Gasteiger partial charge in [0, 0.05) is 31.2 Å². The van der Waals surface area contributed by atoms with Gasteiger partial charge in [0.1, 0.15) is 5.52 Å². The van der Waals surface area contributed by atoms with Crippen molar-refractivity contribution in [3.8, 4) is 0 Å². The number of aromatic nitrogens is 3. The maximum atomic E-state index is 12.1. The summed E-state index contributed by atoms with van der Waals surface area (Å²) in [5, 5.41) is 10.6. The molecule has 2 atom stereocenters. The fourth-order valence-corrected chi connectivity index (χ4v) is 5.83. The van der Waals surface area contributed by atoms with Crippen LogP contribution in [-0.2, 0) is 9.53 Å². The molecule has 0 N–H and O–H groups in total. The molecule has 7 heteroatoms. The molecule has 5 rings (SSSR count). The van der Waals surface area contributed by atoms with Crippen molar-refractivity contribution in [1.29, 1.82) is 0 Å². The molecule has 1 aromatic carbocycles. The molecule has 3 aromatic rings. The Kier molecular flexibility index (Phi) is 6.84. The van der Waals surface area contributed by atoms with Gasteiger partial charge in [-0.1, -0.05) is 29.3 Å². The van der Waals surface area contributed by atoms with Crippen LogP contribution in [0.2, 0.25) is 0 Å². The number of aryl methyl sites for hydroxylation is 2. The highest BCUT2D eigenvalue weighted by molar-refractivity contribution is 5.96. The second-order valence-electron chi connectivity index (χ2n) is 9.98. The molecule has 2 aliphatic rings. The van der Waals surface area contributed by atoms with Gasteiger partial charge < -0.3 is 14.5 Å². The Morgan fingerprint density at radius 1 is 1.06 bits per heavy atom. The lowest BCUT2D eigenvalue weighted by atomic mass is 9.94. The fourth-order valence-electron chi connectivity index (χ4n) is 5.83. The summed E-state index contributed by atoms with van der Waals surface area (Å²) in [5.74, 6) is 1.88. The number of hydrogen-bond acceptors (Lipinski definition) is 7. The van der Waals surface area contributed by atoms with E-state index in [1.165, 1.54) is 16.7 Å². The maximum Gasteiger partial charge on any atom is 0.306 e. The van der Waals surface area contributed by atoms with Gasteiger partial charge >= 0.3 is 5.97 Å². The highest BCUT2D eigenvalue weighted by atomic mass is 16.5. The van der Waals surface area contributed by atoms with Crippen molar-refractivity contribution < 1.29 is 9.53 Å². The first-order valence-corrected chi connectivity index (χ1v) is 12.9. The standard InChI is InChI=1S/C28H35N5O2/c1-4-35-25(34)17-21-8-6-12-32(18-21)28-26-23(9-5-11-29-26)27(30-31-28)33-13-7-10-24(33)22-15-19(2)14-20(3)16-22/h5,9,11,14-16,21,24H,4,6-8,10,12-13,17-18H2,1-3H3/t21-,24+/m1/s1. The van der Waals surface area contributed by atoms with E-state index in [4.69, 9.17) is 19.9 Å². The van der Waals surface area contributed by atoms with Gasteiger partial charge in [0.25, 0.3) is 0 Å². The third-order valence-electron chi connectivity index (χ3n) is 7.23. The van der Waals surface area contributed by atoms with Crippen LogP contribution in [0.5, 0.6) is 0 Å². The second-order valence-corrected chi connectivity index (χ2v) is 9.98. The number of pyridine rings is 1. The molecular formula is C28H35N5O2. The number of carbonyl (C=O) groups is 1. The van der Waals surface area contributed by atoms with Gasteiger partial charge in [-0.15, -0.1) is 10.2 Å². The van der Waals surface area contributed by atoms with Crippen molar-refractivity contribution in [2.45, 2.75) is 58.9 Å². The number of ether oxygens (including phenoxy) is 1. The van der Waals surface area contributed by atoms with Crippen LogP contribution in [0.25, 0.3) is 10.9 Å². The van der Waals surface area contributed by atoms with Crippen molar-refractivity contribution in [1.82, 2.24) is 15.2 Å². The minimum absolute atomic E-state index is 0.116. The predicted molar refractivity (Wildman–Crippen MR) is 139 cm³/mol. The summed E-state index contributed by atoms with van der Waals surface area (Å²) in [7, 11) is 0. The fraction of sp³-hybridized carbons (Fsp3) is 0.500. The highest BCUT2D eigenvalue weighted by Crippen LogP contribution is 2.40. The molecule has 7 nitrogen and oxygen atoms in total. The Balaban J connectivity index is 1.46. The molecule has 0 unspecified atom stereocenters. The summed E-state index contributed by atoms with van der Waals surface area (Å²) in [6.45, 7) is 9.24. The summed E-state index contributed by atoms with van der Waals surface area (Å²) in [5.41, 5.74) is 4.82. The van der Waals surface area contributed by atoms with Crippen LogP contribution in [-0.4, -0.2) is 47.4 Å². The minimum atomic E-state index is -0.116. The molecule has 0 amide bonds. The zero-order chi connectivity index (χ0) is 24.4. The molecule has 2 fully saturated rings. The van der Waals surface area contributed by atoms with E-state index in [1.807, 2.05) is 19.2 Å². The lowest BCUT2D eigenvalue weighted by Crippen LogP contribution is -2.37. The number of esters is 1. The van der Waals surface area contributed by atoms with Gasteiger partial charge in [0.05, 0.1) is 19.1 Å². The van der Waals surface area contributed by atoms with Crippen LogP contribution in [0, 0.1) is 19.8 Å². The highest BCUT2D eigenvalue weighted by Gasteiger charge is 2.31. The van der Waals surface area contributed by atoms with Crippen molar-refractivity contribution in [3.05, 3.63) is 53.2 Å². The quantitative estimate of drug-likeness (QED) is 0.458. The van der Waals surface area contributed by atoms with Gasteiger partial charge in [0.15, 0.2) is 11.6 Å². The zero-order valence-electron chi connectivity index (χ0n) is 21.0. The third kappa shape index (κ3) is 4.95. The van der Waals surface area contributed by atoms with Gasteiger partial charge in [-0.2, -0.15) is 0 Å². The van der Waals surface area contributed by atoms with Crippen LogP contribution in [0.15, 0.2) is 36.5 Å². The molecule has 35 heavy (non-hydrogen) atoms. The molecule has 4 heterocycles. The van der Waals surface area contributed by atoms with Crippen LogP contribution >= 0.6 is 0 Å². The first-order chi connectivity index (χ1) is 17.0. The van der Waals surface area contributed by atoms with Gasteiger partial charge in [0.2, 0.25) is 0 Å². The normalized spacial score (nSPS) is 20.4. The van der Waals surface area contributed by atoms with E-state index in [-0.39, 0.29) is 11.9 Å². The summed E-state index contributed by atoms with van der Waals surface area (Å²) in [6.07, 6.45) is 6.57. The first kappa shape index (κ1) is 23.5. The number of fused-ring (bicyclic) bond motifs is 1. The van der Waals surface area contributed by atoms with Crippen LogP contribution < -0.4 is 9.80 Å². The minimum Gasteiger partial charge on any atom is -0.466 e. The summed E-state index contributed by atoms with van der Waals surface area (Å²) in [6, 6.07) is 11.2. The Bertz CT molecular complexity index is 1190. The Labute approximate surface area is 207 Å². The molecule has 0 spiro atoms. The summed E-state index contributed by atoms with van der Waals surface area (Å²) >= 11 is 0. The molecule has 184 valence electrons. The first-order valence-electron chi connectivity index (χ1n) is 12.9. The molecule has 2 aliphatic heterocycles. The number of anilines is 2. The van der Waals surface area contributed by atoms with E-state index < -0.39 is 0 Å². The van der Waals surface area contributed by atoms with E-state index >= 15 is 0 Å². The number of nitrogens with zero attached hydrogens (tertiary/aromatic N) is 5. The van der Waals surface area contributed by atoms with E-state index in [1.54, 1.807) is 0 Å². The monoisotopic (exact) mass is 473 g/mol. The van der Waals surface area contributed by atoms with Gasteiger partial charge in [-0.05, 0) is 70.1 Å². The number of hydrogen-bond donors (Lipinski definition) is 0. The number of piperidine rings is 1. The van der Waals surface area contributed by atoms with E-state index in [9.17, 15) is 4.79 Å². The van der Waals surface area contributed by atoms with Crippen LogP contribution in [0.1, 0.15) is 61.8 Å². The molecule has 0 bridgehead atoms. The SMILES string of the molecule is CCOC(=O)C[C@H]1CCCN(c2nnc(N3CCC[C@H]3c3cc(C)cc(C)c3)c3cccnc23)C1. The smallest absolute Gasteiger partial charge is 0.306 e. The number of rotatable bonds is 6. The Hall–Kier alpha value is -3.22. The third-order valence-corrected chi connectivity index (χ3v) is 7.23. The molecule has 2 saturated heterocycles. The second kappa shape index (κ2) is 10.2. The lowest BCUT2D eigenvalue weighted by molar-refractivity contribution is -0.144. The number of carbonyl (C=O) groups excluding carboxylic acids is 1.